The van der Waals surface area contributed by atoms with Crippen LogP contribution in [0, 0.1) is 10.1 Å². The zero-order valence-corrected chi connectivity index (χ0v) is 13.4. The number of nitro benzene ring substituents is 1. The molecule has 3 aromatic carbocycles. The third kappa shape index (κ3) is 2.88. The van der Waals surface area contributed by atoms with E-state index in [9.17, 15) is 10.1 Å². The van der Waals surface area contributed by atoms with Crippen LogP contribution >= 0.6 is 0 Å². The van der Waals surface area contributed by atoms with Crippen LogP contribution in [-0.2, 0) is 0 Å². The Hall–Kier alpha value is -3.46. The maximum Gasteiger partial charge on any atom is 0.269 e. The van der Waals surface area contributed by atoms with Crippen molar-refractivity contribution in [2.75, 3.05) is 0 Å². The Morgan fingerprint density at radius 2 is 1.24 bits per heavy atom. The predicted octanol–water partition coefficient (Wildman–Crippen LogP) is 5.67. The molecule has 1 aliphatic rings. The van der Waals surface area contributed by atoms with Gasteiger partial charge in [-0.2, -0.15) is 0 Å². The Morgan fingerprint density at radius 3 is 1.76 bits per heavy atom. The van der Waals surface area contributed by atoms with E-state index in [-0.39, 0.29) is 10.6 Å². The van der Waals surface area contributed by atoms with Gasteiger partial charge in [-0.05, 0) is 51.6 Å². The summed E-state index contributed by atoms with van der Waals surface area (Å²) in [5.41, 5.74) is 6.78. The molecular weight excluding hydrogens is 310 g/mol. The first-order chi connectivity index (χ1) is 12.2. The fourth-order valence-corrected chi connectivity index (χ4v) is 3.11. The predicted molar refractivity (Wildman–Crippen MR) is 102 cm³/mol. The summed E-state index contributed by atoms with van der Waals surface area (Å²) in [7, 11) is 0. The molecule has 25 heavy (non-hydrogen) atoms. The van der Waals surface area contributed by atoms with Gasteiger partial charge in [0.2, 0.25) is 0 Å². The second kappa shape index (κ2) is 6.21. The van der Waals surface area contributed by atoms with E-state index in [1.165, 1.54) is 0 Å². The average molecular weight is 325 g/mol. The SMILES string of the molecule is O=[N+]([O-])c1ccc(C=C2c3ccccc3C=Cc3ccccc32)cc1. The van der Waals surface area contributed by atoms with Crippen LogP contribution in [0.15, 0.2) is 72.8 Å². The average Bonchev–Trinajstić information content (AvgIpc) is 2.80. The molecule has 0 spiro atoms. The summed E-state index contributed by atoms with van der Waals surface area (Å²) in [5.74, 6) is 0. The van der Waals surface area contributed by atoms with Gasteiger partial charge < -0.3 is 0 Å². The van der Waals surface area contributed by atoms with Gasteiger partial charge in [0.15, 0.2) is 0 Å². The van der Waals surface area contributed by atoms with Gasteiger partial charge in [-0.1, -0.05) is 60.7 Å². The first-order valence-electron chi connectivity index (χ1n) is 8.05. The molecule has 0 heterocycles. The Bertz CT molecular complexity index is 963. The molecule has 120 valence electrons. The van der Waals surface area contributed by atoms with Gasteiger partial charge in [0.1, 0.15) is 0 Å². The molecular formula is C22H15NO2. The van der Waals surface area contributed by atoms with Crippen molar-refractivity contribution in [3.63, 3.8) is 0 Å². The largest absolute Gasteiger partial charge is 0.269 e. The smallest absolute Gasteiger partial charge is 0.258 e. The number of nitro groups is 1. The molecule has 0 saturated heterocycles. The van der Waals surface area contributed by atoms with Gasteiger partial charge in [-0.3, -0.25) is 10.1 Å². The van der Waals surface area contributed by atoms with Gasteiger partial charge >= 0.3 is 0 Å². The summed E-state index contributed by atoms with van der Waals surface area (Å²) in [5, 5.41) is 10.9. The van der Waals surface area contributed by atoms with Crippen LogP contribution in [0.4, 0.5) is 5.69 Å². The van der Waals surface area contributed by atoms with Crippen LogP contribution in [0.5, 0.6) is 0 Å². The van der Waals surface area contributed by atoms with E-state index in [1.54, 1.807) is 24.3 Å². The number of rotatable bonds is 2. The fraction of sp³-hybridized carbons (Fsp3) is 0. The summed E-state index contributed by atoms with van der Waals surface area (Å²) in [4.78, 5) is 10.5. The molecule has 0 radical (unpaired) electrons. The van der Waals surface area contributed by atoms with E-state index in [2.05, 4.69) is 42.5 Å². The Labute approximate surface area is 145 Å². The first-order valence-corrected chi connectivity index (χ1v) is 8.05. The van der Waals surface area contributed by atoms with Crippen molar-refractivity contribution >= 4 is 29.5 Å². The molecule has 0 bridgehead atoms. The summed E-state index contributed by atoms with van der Waals surface area (Å²) in [6.07, 6.45) is 6.35. The lowest BCUT2D eigenvalue weighted by Crippen LogP contribution is -1.92. The van der Waals surface area contributed by atoms with E-state index in [1.807, 2.05) is 24.3 Å². The topological polar surface area (TPSA) is 43.1 Å². The molecule has 1 aliphatic carbocycles. The molecule has 0 fully saturated rings. The lowest BCUT2D eigenvalue weighted by Gasteiger charge is -2.12. The molecule has 0 saturated carbocycles. The van der Waals surface area contributed by atoms with Gasteiger partial charge in [0, 0.05) is 12.1 Å². The zero-order chi connectivity index (χ0) is 17.2. The minimum absolute atomic E-state index is 0.102. The summed E-state index contributed by atoms with van der Waals surface area (Å²) < 4.78 is 0. The second-order valence-electron chi connectivity index (χ2n) is 5.91. The minimum Gasteiger partial charge on any atom is -0.258 e. The third-order valence-electron chi connectivity index (χ3n) is 4.36. The minimum atomic E-state index is -0.378. The maximum absolute atomic E-state index is 10.9. The van der Waals surface area contributed by atoms with Gasteiger partial charge in [0.25, 0.3) is 5.69 Å². The van der Waals surface area contributed by atoms with Crippen LogP contribution in [0.1, 0.15) is 27.8 Å². The maximum atomic E-state index is 10.9. The summed E-state index contributed by atoms with van der Waals surface area (Å²) >= 11 is 0. The molecule has 3 nitrogen and oxygen atoms in total. The molecule has 3 aromatic rings. The highest BCUT2D eigenvalue weighted by molar-refractivity contribution is 5.99. The van der Waals surface area contributed by atoms with E-state index in [4.69, 9.17) is 0 Å². The van der Waals surface area contributed by atoms with Crippen LogP contribution in [0.2, 0.25) is 0 Å². The summed E-state index contributed by atoms with van der Waals surface area (Å²) in [6.45, 7) is 0. The molecule has 0 aliphatic heterocycles. The number of fused-ring (bicyclic) bond motifs is 2. The normalized spacial score (nSPS) is 12.1. The molecule has 0 unspecified atom stereocenters. The highest BCUT2D eigenvalue weighted by Gasteiger charge is 2.14. The quantitative estimate of drug-likeness (QED) is 0.352. The van der Waals surface area contributed by atoms with Gasteiger partial charge in [0.05, 0.1) is 4.92 Å². The monoisotopic (exact) mass is 325 g/mol. The lowest BCUT2D eigenvalue weighted by atomic mass is 9.92. The van der Waals surface area contributed by atoms with E-state index < -0.39 is 0 Å². The number of benzene rings is 3. The fourth-order valence-electron chi connectivity index (χ4n) is 3.11. The van der Waals surface area contributed by atoms with Gasteiger partial charge in [-0.25, -0.2) is 0 Å². The Kier molecular flexibility index (Phi) is 3.75. The van der Waals surface area contributed by atoms with Crippen molar-refractivity contribution < 1.29 is 4.92 Å². The van der Waals surface area contributed by atoms with Crippen LogP contribution in [-0.4, -0.2) is 4.92 Å². The number of non-ortho nitro benzene ring substituents is 1. The molecule has 0 amide bonds. The second-order valence-corrected chi connectivity index (χ2v) is 5.91. The zero-order valence-electron chi connectivity index (χ0n) is 13.4. The van der Waals surface area contributed by atoms with E-state index >= 15 is 0 Å². The van der Waals surface area contributed by atoms with Crippen molar-refractivity contribution in [3.8, 4) is 0 Å². The number of hydrogen-bond donors (Lipinski definition) is 0. The van der Waals surface area contributed by atoms with Crippen molar-refractivity contribution in [1.82, 2.24) is 0 Å². The van der Waals surface area contributed by atoms with Gasteiger partial charge in [-0.15, -0.1) is 0 Å². The van der Waals surface area contributed by atoms with Crippen LogP contribution in [0.3, 0.4) is 0 Å². The van der Waals surface area contributed by atoms with Crippen LogP contribution < -0.4 is 0 Å². The molecule has 4 rings (SSSR count). The molecule has 3 heteroatoms. The highest BCUT2D eigenvalue weighted by Crippen LogP contribution is 2.35. The van der Waals surface area contributed by atoms with E-state index in [0.717, 1.165) is 33.4 Å². The Balaban J connectivity index is 1.90. The molecule has 0 aromatic heterocycles. The van der Waals surface area contributed by atoms with Crippen molar-refractivity contribution in [2.24, 2.45) is 0 Å². The standard InChI is InChI=1S/C22H15NO2/c24-23(25)19-13-9-16(10-14-19)15-22-20-7-3-1-5-17(20)11-12-18-6-2-4-8-21(18)22/h1-15H. The van der Waals surface area contributed by atoms with Crippen molar-refractivity contribution in [1.29, 1.82) is 0 Å². The third-order valence-corrected chi connectivity index (χ3v) is 4.36. The number of hydrogen-bond acceptors (Lipinski definition) is 2. The first kappa shape index (κ1) is 15.1. The molecule has 0 atom stereocenters. The van der Waals surface area contributed by atoms with E-state index in [0.29, 0.717) is 0 Å². The highest BCUT2D eigenvalue weighted by atomic mass is 16.6. The van der Waals surface area contributed by atoms with Crippen LogP contribution in [0.25, 0.3) is 23.8 Å². The number of nitrogens with zero attached hydrogens (tertiary/aromatic N) is 1. The lowest BCUT2D eigenvalue weighted by molar-refractivity contribution is -0.384. The molecule has 0 N–H and O–H groups in total. The van der Waals surface area contributed by atoms with Crippen molar-refractivity contribution in [2.45, 2.75) is 0 Å². The van der Waals surface area contributed by atoms with Crippen molar-refractivity contribution in [3.05, 3.63) is 111 Å². The Morgan fingerprint density at radius 1 is 0.720 bits per heavy atom. The summed E-state index contributed by atoms with van der Waals surface area (Å²) in [6, 6.07) is 23.2.